The summed E-state index contributed by atoms with van der Waals surface area (Å²) in [6.45, 7) is 0.909. The van der Waals surface area contributed by atoms with Crippen LogP contribution in [-0.2, 0) is 0 Å². The van der Waals surface area contributed by atoms with Crippen LogP contribution in [0.3, 0.4) is 0 Å². The number of rotatable bonds is 0. The van der Waals surface area contributed by atoms with Gasteiger partial charge >= 0.3 is 0 Å². The number of anilines is 1. The van der Waals surface area contributed by atoms with E-state index in [-0.39, 0.29) is 0 Å². The predicted molar refractivity (Wildman–Crippen MR) is 36.2 cm³/mol. The Labute approximate surface area is 53.2 Å². The van der Waals surface area contributed by atoms with Crippen molar-refractivity contribution in [2.24, 2.45) is 0 Å². The summed E-state index contributed by atoms with van der Waals surface area (Å²) < 4.78 is 5.11. The molecule has 0 aliphatic carbocycles. The molecule has 0 atom stereocenters. The number of nitrogens with one attached hydrogen (secondary N) is 1. The standard InChI is InChI=1S/C7H7NO/c1-2-7-6(8-4-1)3-5-9-7/h1-3,5,8H,4H2. The fourth-order valence-corrected chi connectivity index (χ4v) is 0.931. The molecule has 9 heavy (non-hydrogen) atoms. The zero-order chi connectivity index (χ0) is 6.10. The smallest absolute Gasteiger partial charge is 0.149 e. The Kier molecular flexibility index (Phi) is 0.859. The third-order valence-electron chi connectivity index (χ3n) is 1.37. The molecule has 0 unspecified atom stereocenters. The summed E-state index contributed by atoms with van der Waals surface area (Å²) >= 11 is 0. The van der Waals surface area contributed by atoms with Gasteiger partial charge in [0.25, 0.3) is 0 Å². The number of hydrogen-bond donors (Lipinski definition) is 1. The van der Waals surface area contributed by atoms with Crippen LogP contribution in [0.5, 0.6) is 0 Å². The summed E-state index contributed by atoms with van der Waals surface area (Å²) in [7, 11) is 0. The average Bonchev–Trinajstić information content (AvgIpc) is 2.33. The summed E-state index contributed by atoms with van der Waals surface area (Å²) in [5.41, 5.74) is 1.09. The second-order valence-electron chi connectivity index (χ2n) is 1.98. The molecule has 0 spiro atoms. The van der Waals surface area contributed by atoms with E-state index in [1.54, 1.807) is 6.26 Å². The lowest BCUT2D eigenvalue weighted by Crippen LogP contribution is -2.01. The normalized spacial score (nSPS) is 14.7. The van der Waals surface area contributed by atoms with Crippen molar-refractivity contribution < 1.29 is 4.42 Å². The lowest BCUT2D eigenvalue weighted by Gasteiger charge is -2.04. The van der Waals surface area contributed by atoms with Gasteiger partial charge in [-0.2, -0.15) is 0 Å². The van der Waals surface area contributed by atoms with E-state index in [1.807, 2.05) is 18.2 Å². The topological polar surface area (TPSA) is 25.2 Å². The highest BCUT2D eigenvalue weighted by molar-refractivity contribution is 5.65. The van der Waals surface area contributed by atoms with E-state index >= 15 is 0 Å². The molecule has 1 aromatic rings. The van der Waals surface area contributed by atoms with Crippen molar-refractivity contribution in [1.29, 1.82) is 0 Å². The molecule has 0 aromatic carbocycles. The van der Waals surface area contributed by atoms with Crippen molar-refractivity contribution in [1.82, 2.24) is 0 Å². The predicted octanol–water partition coefficient (Wildman–Crippen LogP) is 1.72. The average molecular weight is 121 g/mol. The monoisotopic (exact) mass is 121 g/mol. The molecule has 2 nitrogen and oxygen atoms in total. The van der Waals surface area contributed by atoms with Gasteiger partial charge in [0.15, 0.2) is 0 Å². The van der Waals surface area contributed by atoms with Crippen molar-refractivity contribution in [3.05, 3.63) is 24.2 Å². The zero-order valence-electron chi connectivity index (χ0n) is 4.92. The Morgan fingerprint density at radius 2 is 2.56 bits per heavy atom. The van der Waals surface area contributed by atoms with E-state index in [0.29, 0.717) is 0 Å². The van der Waals surface area contributed by atoms with E-state index in [0.717, 1.165) is 18.0 Å². The van der Waals surface area contributed by atoms with Gasteiger partial charge in [0.1, 0.15) is 5.76 Å². The Morgan fingerprint density at radius 1 is 1.56 bits per heavy atom. The minimum atomic E-state index is 0.909. The summed E-state index contributed by atoms with van der Waals surface area (Å²) in [5.74, 6) is 0.932. The Hall–Kier alpha value is -1.18. The molecule has 2 heteroatoms. The highest BCUT2D eigenvalue weighted by Crippen LogP contribution is 2.20. The van der Waals surface area contributed by atoms with Gasteiger partial charge in [-0.25, -0.2) is 0 Å². The molecule has 2 rings (SSSR count). The van der Waals surface area contributed by atoms with Crippen molar-refractivity contribution in [2.45, 2.75) is 0 Å². The highest BCUT2D eigenvalue weighted by atomic mass is 16.3. The lowest BCUT2D eigenvalue weighted by molar-refractivity contribution is 0.557. The van der Waals surface area contributed by atoms with Gasteiger partial charge in [-0.3, -0.25) is 0 Å². The van der Waals surface area contributed by atoms with Crippen LogP contribution in [0.1, 0.15) is 5.76 Å². The molecule has 0 radical (unpaired) electrons. The van der Waals surface area contributed by atoms with Crippen molar-refractivity contribution >= 4 is 11.8 Å². The van der Waals surface area contributed by atoms with Crippen molar-refractivity contribution in [3.63, 3.8) is 0 Å². The molecular formula is C7H7NO. The van der Waals surface area contributed by atoms with Gasteiger partial charge in [-0.05, 0) is 6.08 Å². The molecule has 1 N–H and O–H groups in total. The van der Waals surface area contributed by atoms with Gasteiger partial charge in [0.05, 0.1) is 12.0 Å². The summed E-state index contributed by atoms with van der Waals surface area (Å²) in [5, 5.41) is 3.16. The van der Waals surface area contributed by atoms with Gasteiger partial charge in [-0.1, -0.05) is 6.08 Å². The molecule has 1 aromatic heterocycles. The van der Waals surface area contributed by atoms with Gasteiger partial charge in [0.2, 0.25) is 0 Å². The first kappa shape index (κ1) is 4.68. The molecule has 0 bridgehead atoms. The first-order valence-corrected chi connectivity index (χ1v) is 2.95. The van der Waals surface area contributed by atoms with Crippen LogP contribution in [0, 0.1) is 0 Å². The minimum Gasteiger partial charge on any atom is -0.463 e. The van der Waals surface area contributed by atoms with Crippen LogP contribution in [0.15, 0.2) is 22.8 Å². The molecule has 46 valence electrons. The van der Waals surface area contributed by atoms with E-state index in [4.69, 9.17) is 4.42 Å². The quantitative estimate of drug-likeness (QED) is 0.565. The SMILES string of the molecule is C1=Cc2occc2NC1. The Balaban J connectivity index is 2.53. The molecule has 0 amide bonds. The van der Waals surface area contributed by atoms with E-state index in [9.17, 15) is 0 Å². The zero-order valence-corrected chi connectivity index (χ0v) is 4.92. The number of furan rings is 1. The van der Waals surface area contributed by atoms with E-state index < -0.39 is 0 Å². The van der Waals surface area contributed by atoms with Crippen LogP contribution in [0.25, 0.3) is 6.08 Å². The molecule has 0 fully saturated rings. The fraction of sp³-hybridized carbons (Fsp3) is 0.143. The maximum absolute atomic E-state index is 5.11. The van der Waals surface area contributed by atoms with Gasteiger partial charge < -0.3 is 9.73 Å². The third-order valence-corrected chi connectivity index (χ3v) is 1.37. The third kappa shape index (κ3) is 0.633. The molecule has 1 aliphatic rings. The minimum absolute atomic E-state index is 0.909. The fourth-order valence-electron chi connectivity index (χ4n) is 0.931. The molecule has 2 heterocycles. The molecule has 1 aliphatic heterocycles. The Bertz CT molecular complexity index is 237. The van der Waals surface area contributed by atoms with Crippen LogP contribution >= 0.6 is 0 Å². The lowest BCUT2D eigenvalue weighted by atomic mass is 10.3. The summed E-state index contributed by atoms with van der Waals surface area (Å²) in [4.78, 5) is 0. The Morgan fingerprint density at radius 3 is 3.44 bits per heavy atom. The second kappa shape index (κ2) is 1.65. The first-order valence-electron chi connectivity index (χ1n) is 2.95. The van der Waals surface area contributed by atoms with Crippen LogP contribution in [-0.4, -0.2) is 6.54 Å². The summed E-state index contributed by atoms with van der Waals surface area (Å²) in [6, 6.07) is 1.93. The van der Waals surface area contributed by atoms with Crippen molar-refractivity contribution in [3.8, 4) is 0 Å². The van der Waals surface area contributed by atoms with Crippen molar-refractivity contribution in [2.75, 3.05) is 11.9 Å². The van der Waals surface area contributed by atoms with Gasteiger partial charge in [0, 0.05) is 12.6 Å². The second-order valence-corrected chi connectivity index (χ2v) is 1.98. The van der Waals surface area contributed by atoms with Crippen LogP contribution in [0.2, 0.25) is 0 Å². The van der Waals surface area contributed by atoms with E-state index in [2.05, 4.69) is 5.32 Å². The van der Waals surface area contributed by atoms with Crippen LogP contribution < -0.4 is 5.32 Å². The van der Waals surface area contributed by atoms with E-state index in [1.165, 1.54) is 0 Å². The number of hydrogen-bond acceptors (Lipinski definition) is 2. The molecule has 0 saturated heterocycles. The highest BCUT2D eigenvalue weighted by Gasteiger charge is 2.03. The van der Waals surface area contributed by atoms with Gasteiger partial charge in [-0.15, -0.1) is 0 Å². The van der Waals surface area contributed by atoms with Crippen LogP contribution in [0.4, 0.5) is 5.69 Å². The molecular weight excluding hydrogens is 114 g/mol. The maximum atomic E-state index is 5.11. The number of fused-ring (bicyclic) bond motifs is 1. The summed E-state index contributed by atoms with van der Waals surface area (Å²) in [6.07, 6.45) is 5.70. The molecule has 0 saturated carbocycles. The largest absolute Gasteiger partial charge is 0.463 e. The maximum Gasteiger partial charge on any atom is 0.149 e. The first-order chi connectivity index (χ1) is 4.47.